The topological polar surface area (TPSA) is 139 Å². The molecule has 0 heterocycles. The summed E-state index contributed by atoms with van der Waals surface area (Å²) in [6, 6.07) is 21.4. The molecule has 0 bridgehead atoms. The van der Waals surface area contributed by atoms with Crippen molar-refractivity contribution in [2.24, 2.45) is 0 Å². The van der Waals surface area contributed by atoms with Gasteiger partial charge in [-0.05, 0) is 48.9 Å². The van der Waals surface area contributed by atoms with E-state index in [4.69, 9.17) is 5.73 Å². The Morgan fingerprint density at radius 3 is 1.92 bits per heavy atom. The molecule has 8 nitrogen and oxygen atoms in total. The number of hydrogen-bond acceptors (Lipinski definition) is 7. The number of anilines is 5. The Bertz CT molecular complexity index is 1670. The quantitative estimate of drug-likeness (QED) is 0.148. The first-order valence-corrected chi connectivity index (χ1v) is 12.4. The van der Waals surface area contributed by atoms with Crippen LogP contribution in [0, 0.1) is 6.92 Å². The average Bonchev–Trinajstić information content (AvgIpc) is 2.85. The number of hydrogen-bond donors (Lipinski definition) is 4. The van der Waals surface area contributed by atoms with E-state index >= 15 is 0 Å². The number of fused-ring (bicyclic) bond motifs is 2. The van der Waals surface area contributed by atoms with Crippen molar-refractivity contribution >= 4 is 79.7 Å². The first kappa shape index (κ1) is 26.6. The molecule has 0 aliphatic heterocycles. The van der Waals surface area contributed by atoms with Crippen molar-refractivity contribution in [1.82, 2.24) is 0 Å². The van der Waals surface area contributed by atoms with Crippen LogP contribution in [0.5, 0.6) is 0 Å². The third-order valence-corrected chi connectivity index (χ3v) is 6.93. The van der Waals surface area contributed by atoms with Crippen LogP contribution in [0.4, 0.5) is 28.4 Å². The van der Waals surface area contributed by atoms with Crippen molar-refractivity contribution in [2.45, 2.75) is 11.8 Å². The predicted molar refractivity (Wildman–Crippen MR) is 144 cm³/mol. The van der Waals surface area contributed by atoms with Crippen LogP contribution < -0.4 is 16.4 Å². The summed E-state index contributed by atoms with van der Waals surface area (Å²) in [7, 11) is -4.60. The maximum Gasteiger partial charge on any atom is 0.296 e. The van der Waals surface area contributed by atoms with E-state index in [1.54, 1.807) is 67.6 Å². The van der Waals surface area contributed by atoms with Gasteiger partial charge in [0.1, 0.15) is 4.90 Å². The molecule has 1 radical (unpaired) electrons. The maximum absolute atomic E-state index is 13.4. The van der Waals surface area contributed by atoms with Gasteiger partial charge in [0.15, 0.2) is 11.6 Å². The molecule has 37 heavy (non-hydrogen) atoms. The van der Waals surface area contributed by atoms with E-state index in [1.807, 2.05) is 6.07 Å². The standard InChI is InChI=1S/C27H21N3O5S.Na/c1-15-13-21(23-24(25(15)28)27(32)19-10-6-5-9-18(19)26(23)31)30-17-11-12-20(22(14-17)36(33,34)35)29-16-7-3-2-4-8-16;/h2-14,29-30H,28H2,1H3,(H,33,34,35);. The SMILES string of the molecule is Cc1cc(Nc2ccc(Nc3ccccc3)c(S(=O)(=O)O)c2)c2c(c1N)C(=O)c1ccccc1C2=O.[Na]. The molecule has 1 aliphatic carbocycles. The van der Waals surface area contributed by atoms with Crippen LogP contribution in [0.1, 0.15) is 37.4 Å². The molecule has 181 valence electrons. The minimum atomic E-state index is -4.60. The Kier molecular flexibility index (Phi) is 7.27. The van der Waals surface area contributed by atoms with Crippen LogP contribution in [0.3, 0.4) is 0 Å². The summed E-state index contributed by atoms with van der Waals surface area (Å²) in [4.78, 5) is 26.3. The zero-order valence-corrected chi connectivity index (χ0v) is 22.9. The summed E-state index contributed by atoms with van der Waals surface area (Å²) in [6.45, 7) is 1.72. The molecule has 0 spiro atoms. The Balaban J connectivity index is 0.00000320. The van der Waals surface area contributed by atoms with Gasteiger partial charge < -0.3 is 16.4 Å². The maximum atomic E-state index is 13.4. The summed E-state index contributed by atoms with van der Waals surface area (Å²) in [5, 5.41) is 6.03. The van der Waals surface area contributed by atoms with Crippen molar-refractivity contribution in [3.63, 3.8) is 0 Å². The molecule has 0 aromatic heterocycles. The molecular weight excluding hydrogens is 501 g/mol. The van der Waals surface area contributed by atoms with E-state index in [0.717, 1.165) is 0 Å². The molecule has 4 aromatic rings. The van der Waals surface area contributed by atoms with Gasteiger partial charge in [-0.2, -0.15) is 8.42 Å². The van der Waals surface area contributed by atoms with Crippen LogP contribution in [-0.4, -0.2) is 54.1 Å². The van der Waals surface area contributed by atoms with Gasteiger partial charge >= 0.3 is 0 Å². The molecule has 0 unspecified atom stereocenters. The van der Waals surface area contributed by atoms with Crippen LogP contribution in [-0.2, 0) is 10.1 Å². The van der Waals surface area contributed by atoms with Crippen LogP contribution >= 0.6 is 0 Å². The molecule has 1 aliphatic rings. The van der Waals surface area contributed by atoms with Gasteiger partial charge in [0, 0.05) is 57.7 Å². The molecule has 0 amide bonds. The van der Waals surface area contributed by atoms with E-state index in [1.165, 1.54) is 12.1 Å². The first-order chi connectivity index (χ1) is 17.1. The molecule has 5 rings (SSSR count). The van der Waals surface area contributed by atoms with E-state index < -0.39 is 10.1 Å². The van der Waals surface area contributed by atoms with Crippen LogP contribution in [0.25, 0.3) is 0 Å². The van der Waals surface area contributed by atoms with Gasteiger partial charge in [-0.15, -0.1) is 0 Å². The molecule has 0 atom stereocenters. The fourth-order valence-electron chi connectivity index (χ4n) is 4.30. The summed E-state index contributed by atoms with van der Waals surface area (Å²) in [5.41, 5.74) is 9.18. The number of aryl methyl sites for hydroxylation is 1. The van der Waals surface area contributed by atoms with Gasteiger partial charge in [-0.25, -0.2) is 0 Å². The van der Waals surface area contributed by atoms with Crippen LogP contribution in [0.15, 0.2) is 83.8 Å². The Morgan fingerprint density at radius 1 is 0.730 bits per heavy atom. The minimum absolute atomic E-state index is 0. The number of para-hydroxylation sites is 1. The summed E-state index contributed by atoms with van der Waals surface area (Å²) >= 11 is 0. The molecule has 4 aromatic carbocycles. The number of carbonyl (C=O) groups is 2. The van der Waals surface area contributed by atoms with Gasteiger partial charge in [0.05, 0.1) is 22.5 Å². The van der Waals surface area contributed by atoms with Crippen LogP contribution in [0.2, 0.25) is 0 Å². The van der Waals surface area contributed by atoms with Gasteiger partial charge in [0.2, 0.25) is 0 Å². The van der Waals surface area contributed by atoms with Crippen molar-refractivity contribution in [3.05, 3.63) is 107 Å². The third kappa shape index (κ3) is 4.92. The number of rotatable bonds is 5. The van der Waals surface area contributed by atoms with E-state index in [9.17, 15) is 22.6 Å². The van der Waals surface area contributed by atoms with Gasteiger partial charge in [-0.1, -0.05) is 42.5 Å². The average molecular weight is 523 g/mol. The Labute approximate surface area is 235 Å². The monoisotopic (exact) mass is 522 g/mol. The fourth-order valence-corrected chi connectivity index (χ4v) is 4.97. The number of nitrogens with two attached hydrogens (primary N) is 1. The fraction of sp³-hybridized carbons (Fsp3) is 0.0370. The summed E-state index contributed by atoms with van der Waals surface area (Å²) in [5.74, 6) is -0.725. The van der Waals surface area contributed by atoms with Crippen molar-refractivity contribution in [3.8, 4) is 0 Å². The smallest absolute Gasteiger partial charge is 0.296 e. The molecule has 5 N–H and O–H groups in total. The number of nitrogens with one attached hydrogen (secondary N) is 2. The largest absolute Gasteiger partial charge is 0.398 e. The first-order valence-electron chi connectivity index (χ1n) is 11.0. The van der Waals surface area contributed by atoms with Crippen molar-refractivity contribution in [2.75, 3.05) is 16.4 Å². The number of carbonyl (C=O) groups excluding carboxylic acids is 2. The zero-order valence-electron chi connectivity index (χ0n) is 20.1. The Hall–Kier alpha value is -3.47. The normalized spacial score (nSPS) is 12.3. The second-order valence-electron chi connectivity index (χ2n) is 8.41. The number of benzene rings is 4. The summed E-state index contributed by atoms with van der Waals surface area (Å²) in [6.07, 6.45) is 0. The van der Waals surface area contributed by atoms with Crippen molar-refractivity contribution < 1.29 is 22.6 Å². The third-order valence-electron chi connectivity index (χ3n) is 6.04. The second kappa shape index (κ2) is 10.1. The van der Waals surface area contributed by atoms with E-state index in [0.29, 0.717) is 16.9 Å². The molecular formula is C27H21N3NaO5S. The minimum Gasteiger partial charge on any atom is -0.398 e. The molecule has 10 heteroatoms. The Morgan fingerprint density at radius 2 is 1.30 bits per heavy atom. The molecule has 0 saturated heterocycles. The van der Waals surface area contributed by atoms with E-state index in [-0.39, 0.29) is 85.3 Å². The van der Waals surface area contributed by atoms with E-state index in [2.05, 4.69) is 10.6 Å². The van der Waals surface area contributed by atoms with Gasteiger partial charge in [0.25, 0.3) is 10.1 Å². The predicted octanol–water partition coefficient (Wildman–Crippen LogP) is 4.71. The summed E-state index contributed by atoms with van der Waals surface area (Å²) < 4.78 is 34.3. The zero-order chi connectivity index (χ0) is 25.6. The molecule has 0 saturated carbocycles. The molecule has 0 fully saturated rings. The number of ketones is 2. The number of nitrogen functional groups attached to an aromatic ring is 1. The second-order valence-corrected chi connectivity index (χ2v) is 9.80. The van der Waals surface area contributed by atoms with Crippen molar-refractivity contribution in [1.29, 1.82) is 0 Å². The van der Waals surface area contributed by atoms with Gasteiger partial charge in [-0.3, -0.25) is 14.1 Å².